The molecule has 0 saturated carbocycles. The molecule has 0 aliphatic heterocycles. The molecule has 104 valence electrons. The first-order chi connectivity index (χ1) is 9.63. The van der Waals surface area contributed by atoms with Crippen LogP contribution in [0, 0.1) is 0 Å². The molecule has 4 heteroatoms. The van der Waals surface area contributed by atoms with Crippen molar-refractivity contribution in [3.8, 4) is 5.75 Å². The highest BCUT2D eigenvalue weighted by atomic mass is 35.5. The van der Waals surface area contributed by atoms with E-state index in [9.17, 15) is 4.79 Å². The third-order valence-electron chi connectivity index (χ3n) is 3.07. The molecule has 3 nitrogen and oxygen atoms in total. The van der Waals surface area contributed by atoms with Crippen molar-refractivity contribution >= 4 is 23.6 Å². The summed E-state index contributed by atoms with van der Waals surface area (Å²) in [6, 6.07) is 13.2. The third kappa shape index (κ3) is 3.31. The molecule has 0 bridgehead atoms. The number of hydrogen-bond acceptors (Lipinski definition) is 3. The van der Waals surface area contributed by atoms with Gasteiger partial charge in [-0.3, -0.25) is 4.79 Å². The molecule has 20 heavy (non-hydrogen) atoms. The number of carbonyl (C=O) groups excluding carboxylic acids is 1. The molecule has 0 spiro atoms. The summed E-state index contributed by atoms with van der Waals surface area (Å²) < 4.78 is 5.21. The van der Waals surface area contributed by atoms with Gasteiger partial charge >= 0.3 is 0 Å². The SMILES string of the molecule is COc1cccc(CN(C)c2ccc(C=O)cc2Cl)c1. The van der Waals surface area contributed by atoms with Crippen molar-refractivity contribution in [2.75, 3.05) is 19.1 Å². The highest BCUT2D eigenvalue weighted by Crippen LogP contribution is 2.27. The number of halogens is 1. The molecule has 0 saturated heterocycles. The van der Waals surface area contributed by atoms with E-state index in [2.05, 4.69) is 0 Å². The molecular formula is C16H16ClNO2. The second kappa shape index (κ2) is 6.44. The average molecular weight is 290 g/mol. The standard InChI is InChI=1S/C16H16ClNO2/c1-18(10-12-4-3-5-14(8-12)20-2)16-7-6-13(11-19)9-15(16)17/h3-9,11H,10H2,1-2H3. The van der Waals surface area contributed by atoms with Crippen LogP contribution >= 0.6 is 11.6 Å². The minimum atomic E-state index is 0.569. The summed E-state index contributed by atoms with van der Waals surface area (Å²) >= 11 is 6.20. The van der Waals surface area contributed by atoms with Crippen LogP contribution in [-0.4, -0.2) is 20.4 Å². The molecule has 0 N–H and O–H groups in total. The van der Waals surface area contributed by atoms with Crippen molar-refractivity contribution in [2.24, 2.45) is 0 Å². The Morgan fingerprint density at radius 1 is 1.25 bits per heavy atom. The summed E-state index contributed by atoms with van der Waals surface area (Å²) in [7, 11) is 3.61. The van der Waals surface area contributed by atoms with Crippen molar-refractivity contribution in [3.63, 3.8) is 0 Å². The summed E-state index contributed by atoms with van der Waals surface area (Å²) in [5, 5.41) is 0.569. The second-order valence-electron chi connectivity index (χ2n) is 4.54. The maximum Gasteiger partial charge on any atom is 0.150 e. The Bertz CT molecular complexity index is 613. The fourth-order valence-electron chi connectivity index (χ4n) is 2.04. The molecule has 0 unspecified atom stereocenters. The molecule has 0 heterocycles. The van der Waals surface area contributed by atoms with Gasteiger partial charge < -0.3 is 9.64 Å². The van der Waals surface area contributed by atoms with Crippen LogP contribution in [0.2, 0.25) is 5.02 Å². The number of nitrogens with zero attached hydrogens (tertiary/aromatic N) is 1. The minimum absolute atomic E-state index is 0.569. The van der Waals surface area contributed by atoms with Gasteiger partial charge in [0.05, 0.1) is 17.8 Å². The number of rotatable bonds is 5. The molecule has 0 aromatic heterocycles. The van der Waals surface area contributed by atoms with Crippen LogP contribution < -0.4 is 9.64 Å². The van der Waals surface area contributed by atoms with Gasteiger partial charge in [0, 0.05) is 19.2 Å². The van der Waals surface area contributed by atoms with Crippen molar-refractivity contribution in [1.29, 1.82) is 0 Å². The fourth-order valence-corrected chi connectivity index (χ4v) is 2.37. The van der Waals surface area contributed by atoms with Crippen LogP contribution in [0.4, 0.5) is 5.69 Å². The van der Waals surface area contributed by atoms with E-state index in [4.69, 9.17) is 16.3 Å². The molecule has 2 rings (SSSR count). The van der Waals surface area contributed by atoms with Gasteiger partial charge in [0.1, 0.15) is 12.0 Å². The summed E-state index contributed by atoms with van der Waals surface area (Å²) in [6.45, 7) is 0.706. The van der Waals surface area contributed by atoms with Crippen molar-refractivity contribution < 1.29 is 9.53 Å². The lowest BCUT2D eigenvalue weighted by molar-refractivity contribution is 0.112. The molecule has 0 aliphatic carbocycles. The zero-order chi connectivity index (χ0) is 14.5. The highest BCUT2D eigenvalue weighted by Gasteiger charge is 2.08. The first kappa shape index (κ1) is 14.4. The monoisotopic (exact) mass is 289 g/mol. The normalized spacial score (nSPS) is 10.2. The van der Waals surface area contributed by atoms with E-state index in [1.807, 2.05) is 42.3 Å². The van der Waals surface area contributed by atoms with Gasteiger partial charge in [-0.05, 0) is 35.9 Å². The quantitative estimate of drug-likeness (QED) is 0.784. The van der Waals surface area contributed by atoms with Crippen LogP contribution in [0.5, 0.6) is 5.75 Å². The van der Waals surface area contributed by atoms with Gasteiger partial charge in [0.25, 0.3) is 0 Å². The van der Waals surface area contributed by atoms with E-state index in [0.717, 1.165) is 23.3 Å². The summed E-state index contributed by atoms with van der Waals surface area (Å²) in [5.41, 5.74) is 2.59. The second-order valence-corrected chi connectivity index (χ2v) is 4.94. The Balaban J connectivity index is 2.18. The summed E-state index contributed by atoms with van der Waals surface area (Å²) in [5.74, 6) is 0.832. The van der Waals surface area contributed by atoms with E-state index in [0.29, 0.717) is 17.1 Å². The molecule has 0 radical (unpaired) electrons. The number of carbonyl (C=O) groups is 1. The van der Waals surface area contributed by atoms with Crippen LogP contribution in [0.1, 0.15) is 15.9 Å². The average Bonchev–Trinajstić information content (AvgIpc) is 2.47. The zero-order valence-corrected chi connectivity index (χ0v) is 12.2. The Kier molecular flexibility index (Phi) is 4.64. The fraction of sp³-hybridized carbons (Fsp3) is 0.188. The maximum atomic E-state index is 10.7. The number of hydrogen-bond donors (Lipinski definition) is 0. The predicted molar refractivity (Wildman–Crippen MR) is 81.9 cm³/mol. The van der Waals surface area contributed by atoms with E-state index >= 15 is 0 Å². The van der Waals surface area contributed by atoms with Crippen LogP contribution in [-0.2, 0) is 6.54 Å². The number of ether oxygens (including phenoxy) is 1. The molecule has 2 aromatic rings. The zero-order valence-electron chi connectivity index (χ0n) is 11.5. The minimum Gasteiger partial charge on any atom is -0.497 e. The van der Waals surface area contributed by atoms with E-state index in [1.54, 1.807) is 19.2 Å². The van der Waals surface area contributed by atoms with Gasteiger partial charge in [-0.15, -0.1) is 0 Å². The van der Waals surface area contributed by atoms with Gasteiger partial charge in [-0.25, -0.2) is 0 Å². The first-order valence-electron chi connectivity index (χ1n) is 6.23. The van der Waals surface area contributed by atoms with Gasteiger partial charge in [-0.1, -0.05) is 23.7 Å². The molecule has 0 fully saturated rings. The Labute approximate surface area is 123 Å². The highest BCUT2D eigenvalue weighted by molar-refractivity contribution is 6.33. The number of aldehydes is 1. The largest absolute Gasteiger partial charge is 0.497 e. The number of anilines is 1. The Hall–Kier alpha value is -2.00. The van der Waals surface area contributed by atoms with Crippen LogP contribution in [0.3, 0.4) is 0 Å². The van der Waals surface area contributed by atoms with E-state index < -0.39 is 0 Å². The van der Waals surface area contributed by atoms with Crippen molar-refractivity contribution in [1.82, 2.24) is 0 Å². The topological polar surface area (TPSA) is 29.5 Å². The maximum absolute atomic E-state index is 10.7. The Morgan fingerprint density at radius 2 is 2.05 bits per heavy atom. The molecule has 0 aliphatic rings. The smallest absolute Gasteiger partial charge is 0.150 e. The lowest BCUT2D eigenvalue weighted by Gasteiger charge is -2.21. The predicted octanol–water partition coefficient (Wildman–Crippen LogP) is 3.80. The van der Waals surface area contributed by atoms with Crippen molar-refractivity contribution in [2.45, 2.75) is 6.54 Å². The molecule has 0 amide bonds. The third-order valence-corrected chi connectivity index (χ3v) is 3.38. The number of methoxy groups -OCH3 is 1. The van der Waals surface area contributed by atoms with Gasteiger partial charge in [0.15, 0.2) is 0 Å². The van der Waals surface area contributed by atoms with E-state index in [1.165, 1.54) is 0 Å². The van der Waals surface area contributed by atoms with Crippen molar-refractivity contribution in [3.05, 3.63) is 58.6 Å². The summed E-state index contributed by atoms with van der Waals surface area (Å²) in [6.07, 6.45) is 0.789. The van der Waals surface area contributed by atoms with Crippen LogP contribution in [0.25, 0.3) is 0 Å². The lowest BCUT2D eigenvalue weighted by Crippen LogP contribution is -2.16. The first-order valence-corrected chi connectivity index (χ1v) is 6.60. The molecular weight excluding hydrogens is 274 g/mol. The van der Waals surface area contributed by atoms with Gasteiger partial charge in [0.2, 0.25) is 0 Å². The Morgan fingerprint density at radius 3 is 2.70 bits per heavy atom. The van der Waals surface area contributed by atoms with Gasteiger partial charge in [-0.2, -0.15) is 0 Å². The summed E-state index contributed by atoms with van der Waals surface area (Å²) in [4.78, 5) is 12.7. The molecule has 0 atom stereocenters. The molecule has 2 aromatic carbocycles. The number of benzene rings is 2. The van der Waals surface area contributed by atoms with Crippen LogP contribution in [0.15, 0.2) is 42.5 Å². The lowest BCUT2D eigenvalue weighted by atomic mass is 10.1. The van der Waals surface area contributed by atoms with E-state index in [-0.39, 0.29) is 0 Å².